The fourth-order valence-electron chi connectivity index (χ4n) is 3.05. The maximum atomic E-state index is 12.6. The Morgan fingerprint density at radius 1 is 1.27 bits per heavy atom. The summed E-state index contributed by atoms with van der Waals surface area (Å²) >= 11 is 0. The summed E-state index contributed by atoms with van der Waals surface area (Å²) in [5, 5.41) is 6.04. The first-order chi connectivity index (χ1) is 11.9. The molecular formula is C17H24ClF3N2O3. The van der Waals surface area contributed by atoms with Gasteiger partial charge in [-0.15, -0.1) is 25.6 Å². The van der Waals surface area contributed by atoms with Crippen LogP contribution >= 0.6 is 12.4 Å². The zero-order valence-electron chi connectivity index (χ0n) is 14.5. The van der Waals surface area contributed by atoms with Crippen molar-refractivity contribution in [2.24, 2.45) is 5.41 Å². The van der Waals surface area contributed by atoms with Crippen molar-refractivity contribution in [1.82, 2.24) is 10.6 Å². The summed E-state index contributed by atoms with van der Waals surface area (Å²) < 4.78 is 46.5. The summed E-state index contributed by atoms with van der Waals surface area (Å²) in [5.74, 6) is -0.359. The molecule has 0 saturated carbocycles. The summed E-state index contributed by atoms with van der Waals surface area (Å²) in [6, 6.07) is 5.94. The average Bonchev–Trinajstić information content (AvgIpc) is 2.56. The molecule has 9 heteroatoms. The molecule has 1 heterocycles. The van der Waals surface area contributed by atoms with Gasteiger partial charge in [0.1, 0.15) is 5.75 Å². The number of hydrogen-bond donors (Lipinski definition) is 2. The van der Waals surface area contributed by atoms with Gasteiger partial charge in [0.15, 0.2) is 0 Å². The predicted molar refractivity (Wildman–Crippen MR) is 93.5 cm³/mol. The molecule has 0 bridgehead atoms. The average molecular weight is 397 g/mol. The topological polar surface area (TPSA) is 59.6 Å². The summed E-state index contributed by atoms with van der Waals surface area (Å²) in [6.45, 7) is 2.03. The number of methoxy groups -OCH3 is 1. The minimum atomic E-state index is -4.74. The molecule has 1 amide bonds. The van der Waals surface area contributed by atoms with Crippen LogP contribution in [0.2, 0.25) is 0 Å². The van der Waals surface area contributed by atoms with Gasteiger partial charge >= 0.3 is 6.36 Å². The molecule has 2 rings (SSSR count). The second kappa shape index (κ2) is 9.99. The third-order valence-electron chi connectivity index (χ3n) is 4.34. The van der Waals surface area contributed by atoms with E-state index in [1.54, 1.807) is 19.2 Å². The molecule has 0 aliphatic carbocycles. The number of halogens is 4. The van der Waals surface area contributed by atoms with E-state index in [4.69, 9.17) is 4.74 Å². The van der Waals surface area contributed by atoms with E-state index in [1.165, 1.54) is 12.1 Å². The van der Waals surface area contributed by atoms with Gasteiger partial charge in [-0.3, -0.25) is 4.79 Å². The first kappa shape index (κ1) is 22.5. The summed E-state index contributed by atoms with van der Waals surface area (Å²) in [7, 11) is 1.56. The van der Waals surface area contributed by atoms with Gasteiger partial charge in [-0.05, 0) is 44.0 Å². The van der Waals surface area contributed by atoms with Crippen LogP contribution in [0.3, 0.4) is 0 Å². The number of alkyl halides is 3. The molecule has 0 atom stereocenters. The Kier molecular flexibility index (Phi) is 8.66. The molecule has 0 radical (unpaired) electrons. The van der Waals surface area contributed by atoms with Crippen molar-refractivity contribution in [2.45, 2.75) is 25.6 Å². The quantitative estimate of drug-likeness (QED) is 0.744. The third-order valence-corrected chi connectivity index (χ3v) is 4.34. The number of para-hydroxylation sites is 1. The minimum absolute atomic E-state index is 0. The normalized spacial score (nSPS) is 16.5. The van der Waals surface area contributed by atoms with Gasteiger partial charge in [-0.25, -0.2) is 0 Å². The second-order valence-corrected chi connectivity index (χ2v) is 6.12. The van der Waals surface area contributed by atoms with Crippen molar-refractivity contribution in [3.05, 3.63) is 29.8 Å². The van der Waals surface area contributed by atoms with E-state index in [9.17, 15) is 18.0 Å². The van der Waals surface area contributed by atoms with E-state index in [2.05, 4.69) is 15.4 Å². The van der Waals surface area contributed by atoms with Crippen LogP contribution in [0.15, 0.2) is 24.3 Å². The van der Waals surface area contributed by atoms with E-state index in [0.29, 0.717) is 25.0 Å². The number of piperidine rings is 1. The van der Waals surface area contributed by atoms with Gasteiger partial charge in [-0.2, -0.15) is 0 Å². The Hall–Kier alpha value is -1.51. The molecule has 1 aliphatic rings. The lowest BCUT2D eigenvalue weighted by Gasteiger charge is -2.35. The highest BCUT2D eigenvalue weighted by Crippen LogP contribution is 2.30. The molecule has 1 aliphatic heterocycles. The van der Waals surface area contributed by atoms with Crippen LogP contribution < -0.4 is 15.4 Å². The molecule has 26 heavy (non-hydrogen) atoms. The maximum Gasteiger partial charge on any atom is 0.573 e. The summed E-state index contributed by atoms with van der Waals surface area (Å²) in [5.41, 5.74) is -0.187. The van der Waals surface area contributed by atoms with E-state index < -0.39 is 11.8 Å². The number of carbonyl (C=O) groups excluding carboxylic acids is 1. The van der Waals surface area contributed by atoms with Crippen LogP contribution in [0.25, 0.3) is 0 Å². The van der Waals surface area contributed by atoms with Crippen LogP contribution in [-0.4, -0.2) is 45.6 Å². The van der Waals surface area contributed by atoms with Crippen molar-refractivity contribution in [2.75, 3.05) is 33.4 Å². The molecule has 1 aromatic carbocycles. The second-order valence-electron chi connectivity index (χ2n) is 6.12. The zero-order valence-corrected chi connectivity index (χ0v) is 15.3. The highest BCUT2D eigenvalue weighted by atomic mass is 35.5. The SMILES string of the molecule is COCC1(C(=O)NCCc2ccccc2OC(F)(F)F)CCNCC1.Cl. The molecule has 1 aromatic rings. The first-order valence-electron chi connectivity index (χ1n) is 8.18. The van der Waals surface area contributed by atoms with Crippen molar-refractivity contribution >= 4 is 18.3 Å². The third kappa shape index (κ3) is 6.34. The van der Waals surface area contributed by atoms with Crippen LogP contribution in [0.5, 0.6) is 5.75 Å². The van der Waals surface area contributed by atoms with Crippen LogP contribution in [0.1, 0.15) is 18.4 Å². The Balaban J connectivity index is 0.00000338. The Bertz CT molecular complexity index is 573. The molecular weight excluding hydrogens is 373 g/mol. The number of hydrogen-bond acceptors (Lipinski definition) is 4. The summed E-state index contributed by atoms with van der Waals surface area (Å²) in [4.78, 5) is 12.6. The van der Waals surface area contributed by atoms with E-state index in [-0.39, 0.29) is 37.0 Å². The van der Waals surface area contributed by atoms with Crippen molar-refractivity contribution in [3.8, 4) is 5.75 Å². The predicted octanol–water partition coefficient (Wildman–Crippen LogP) is 2.68. The fourth-order valence-corrected chi connectivity index (χ4v) is 3.05. The Labute approximate surface area is 157 Å². The molecule has 1 fully saturated rings. The van der Waals surface area contributed by atoms with E-state index >= 15 is 0 Å². The molecule has 0 unspecified atom stereocenters. The van der Waals surface area contributed by atoms with Gasteiger partial charge in [0.25, 0.3) is 0 Å². The van der Waals surface area contributed by atoms with Crippen LogP contribution in [0.4, 0.5) is 13.2 Å². The number of benzene rings is 1. The highest BCUT2D eigenvalue weighted by Gasteiger charge is 2.39. The van der Waals surface area contributed by atoms with Gasteiger partial charge in [0.2, 0.25) is 5.91 Å². The van der Waals surface area contributed by atoms with Crippen molar-refractivity contribution in [3.63, 3.8) is 0 Å². The monoisotopic (exact) mass is 396 g/mol. The number of nitrogens with one attached hydrogen (secondary N) is 2. The largest absolute Gasteiger partial charge is 0.573 e. The lowest BCUT2D eigenvalue weighted by molar-refractivity contribution is -0.274. The molecule has 0 aromatic heterocycles. The number of rotatable bonds is 7. The molecule has 2 N–H and O–H groups in total. The standard InChI is InChI=1S/C17H23F3N2O3.ClH/c1-24-12-16(7-10-21-11-8-16)15(23)22-9-6-13-4-2-3-5-14(13)25-17(18,19)20;/h2-5,21H,6-12H2,1H3,(H,22,23);1H. The molecule has 148 valence electrons. The fraction of sp³-hybridized carbons (Fsp3) is 0.588. The van der Waals surface area contributed by atoms with Gasteiger partial charge in [-0.1, -0.05) is 18.2 Å². The van der Waals surface area contributed by atoms with E-state index in [0.717, 1.165) is 13.1 Å². The van der Waals surface area contributed by atoms with Gasteiger partial charge in [0, 0.05) is 13.7 Å². The highest BCUT2D eigenvalue weighted by molar-refractivity contribution is 5.85. The molecule has 1 saturated heterocycles. The number of ether oxygens (including phenoxy) is 2. The van der Waals surface area contributed by atoms with Crippen molar-refractivity contribution in [1.29, 1.82) is 0 Å². The number of carbonyl (C=O) groups is 1. The maximum absolute atomic E-state index is 12.6. The molecule has 5 nitrogen and oxygen atoms in total. The molecule has 0 spiro atoms. The Morgan fingerprint density at radius 2 is 1.92 bits per heavy atom. The van der Waals surface area contributed by atoms with E-state index in [1.807, 2.05) is 0 Å². The lowest BCUT2D eigenvalue weighted by Crippen LogP contribution is -2.50. The van der Waals surface area contributed by atoms with Gasteiger partial charge < -0.3 is 20.1 Å². The Morgan fingerprint density at radius 3 is 2.54 bits per heavy atom. The van der Waals surface area contributed by atoms with Crippen molar-refractivity contribution < 1.29 is 27.4 Å². The van der Waals surface area contributed by atoms with Gasteiger partial charge in [0.05, 0.1) is 12.0 Å². The lowest BCUT2D eigenvalue weighted by atomic mass is 9.78. The first-order valence-corrected chi connectivity index (χ1v) is 8.18. The smallest absolute Gasteiger partial charge is 0.406 e. The summed E-state index contributed by atoms with van der Waals surface area (Å²) in [6.07, 6.45) is -3.16. The zero-order chi connectivity index (χ0) is 18.3. The minimum Gasteiger partial charge on any atom is -0.406 e. The van der Waals surface area contributed by atoms with Crippen LogP contribution in [0, 0.1) is 5.41 Å². The number of amides is 1. The van der Waals surface area contributed by atoms with Crippen LogP contribution in [-0.2, 0) is 16.0 Å².